The number of carbonyl (C=O) groups is 2. The Hall–Kier alpha value is -2.65. The van der Waals surface area contributed by atoms with Crippen LogP contribution < -0.4 is 5.32 Å². The van der Waals surface area contributed by atoms with E-state index in [0.29, 0.717) is 37.3 Å². The van der Waals surface area contributed by atoms with Crippen LogP contribution in [0.5, 0.6) is 0 Å². The highest BCUT2D eigenvalue weighted by atomic mass is 32.2. The standard InChI is InChI=1S/C25H34N4O4S/c1-16-13-17(2)15-21(14-16)27-24(30)20-7-11-29(12-8-20)34(32,33)23-19(4)26-18(3)22(23)25(31)28-9-5-6-10-28/h13-15,20,26H,5-12H2,1-4H3,(H,27,30). The number of H-pyrrole nitrogens is 1. The number of hydrogen-bond acceptors (Lipinski definition) is 4. The summed E-state index contributed by atoms with van der Waals surface area (Å²) in [5, 5.41) is 2.98. The number of rotatable bonds is 5. The van der Waals surface area contributed by atoms with E-state index >= 15 is 0 Å². The van der Waals surface area contributed by atoms with Gasteiger partial charge in [-0.15, -0.1) is 0 Å². The number of aryl methyl sites for hydroxylation is 4. The maximum Gasteiger partial charge on any atom is 0.257 e. The normalized spacial score (nSPS) is 17.8. The predicted molar refractivity (Wildman–Crippen MR) is 131 cm³/mol. The van der Waals surface area contributed by atoms with E-state index in [1.54, 1.807) is 18.7 Å². The smallest absolute Gasteiger partial charge is 0.257 e. The molecule has 0 radical (unpaired) electrons. The number of piperidine rings is 1. The van der Waals surface area contributed by atoms with Gasteiger partial charge >= 0.3 is 0 Å². The molecule has 2 fully saturated rings. The van der Waals surface area contributed by atoms with Gasteiger partial charge in [0.05, 0.1) is 5.56 Å². The van der Waals surface area contributed by atoms with Crippen molar-refractivity contribution in [3.8, 4) is 0 Å². The maximum absolute atomic E-state index is 13.6. The number of sulfonamides is 1. The zero-order chi connectivity index (χ0) is 24.6. The van der Waals surface area contributed by atoms with Gasteiger partial charge in [0.25, 0.3) is 5.91 Å². The minimum atomic E-state index is -3.87. The van der Waals surface area contributed by atoms with E-state index in [1.807, 2.05) is 32.0 Å². The van der Waals surface area contributed by atoms with Gasteiger partial charge in [-0.1, -0.05) is 6.07 Å². The Morgan fingerprint density at radius 3 is 2.09 bits per heavy atom. The molecule has 2 aliphatic rings. The molecule has 8 nitrogen and oxygen atoms in total. The summed E-state index contributed by atoms with van der Waals surface area (Å²) >= 11 is 0. The maximum atomic E-state index is 13.6. The first kappa shape index (κ1) is 24.5. The van der Waals surface area contributed by atoms with Gasteiger partial charge in [-0.05, 0) is 76.6 Å². The van der Waals surface area contributed by atoms with Gasteiger partial charge in [0, 0.05) is 49.2 Å². The summed E-state index contributed by atoms with van der Waals surface area (Å²) in [5.74, 6) is -0.562. The average Bonchev–Trinajstić information content (AvgIpc) is 3.40. The Kier molecular flexibility index (Phi) is 6.87. The van der Waals surface area contributed by atoms with Crippen molar-refractivity contribution < 1.29 is 18.0 Å². The van der Waals surface area contributed by atoms with Crippen LogP contribution in [-0.2, 0) is 14.8 Å². The number of likely N-dealkylation sites (tertiary alicyclic amines) is 1. The molecule has 4 rings (SSSR count). The molecule has 3 heterocycles. The first-order valence-electron chi connectivity index (χ1n) is 12.0. The van der Waals surface area contributed by atoms with Crippen molar-refractivity contribution in [3.63, 3.8) is 0 Å². The lowest BCUT2D eigenvalue weighted by molar-refractivity contribution is -0.120. The van der Waals surface area contributed by atoms with Crippen LogP contribution in [-0.4, -0.2) is 60.6 Å². The minimum Gasteiger partial charge on any atom is -0.361 e. The van der Waals surface area contributed by atoms with E-state index in [4.69, 9.17) is 0 Å². The van der Waals surface area contributed by atoms with Crippen LogP contribution in [0.1, 0.15) is 58.6 Å². The predicted octanol–water partition coefficient (Wildman–Crippen LogP) is 3.52. The molecule has 2 N–H and O–H groups in total. The number of nitrogens with zero attached hydrogens (tertiary/aromatic N) is 2. The number of amides is 2. The molecule has 2 aliphatic heterocycles. The second-order valence-corrected chi connectivity index (χ2v) is 11.5. The van der Waals surface area contributed by atoms with Gasteiger partial charge in [0.15, 0.2) is 0 Å². The number of aromatic amines is 1. The van der Waals surface area contributed by atoms with Gasteiger partial charge in [-0.3, -0.25) is 9.59 Å². The lowest BCUT2D eigenvalue weighted by Gasteiger charge is -2.31. The van der Waals surface area contributed by atoms with Crippen molar-refractivity contribution in [2.24, 2.45) is 5.92 Å². The molecule has 2 aromatic rings. The van der Waals surface area contributed by atoms with Gasteiger partial charge in [0.2, 0.25) is 15.9 Å². The number of nitrogens with one attached hydrogen (secondary N) is 2. The third kappa shape index (κ3) is 4.77. The molecule has 2 saturated heterocycles. The summed E-state index contributed by atoms with van der Waals surface area (Å²) in [6.45, 7) is 9.22. The number of benzene rings is 1. The summed E-state index contributed by atoms with van der Waals surface area (Å²) in [7, 11) is -3.87. The quantitative estimate of drug-likeness (QED) is 0.675. The van der Waals surface area contributed by atoms with Crippen molar-refractivity contribution in [2.45, 2.75) is 58.3 Å². The van der Waals surface area contributed by atoms with Crippen molar-refractivity contribution in [2.75, 3.05) is 31.5 Å². The van der Waals surface area contributed by atoms with Crippen LogP contribution in [0.2, 0.25) is 0 Å². The zero-order valence-electron chi connectivity index (χ0n) is 20.4. The fourth-order valence-electron chi connectivity index (χ4n) is 5.20. The van der Waals surface area contributed by atoms with Crippen LogP contribution in [0.3, 0.4) is 0 Å². The van der Waals surface area contributed by atoms with Crippen molar-refractivity contribution in [3.05, 3.63) is 46.3 Å². The van der Waals surface area contributed by atoms with Gasteiger partial charge in [-0.25, -0.2) is 8.42 Å². The summed E-state index contributed by atoms with van der Waals surface area (Å²) in [4.78, 5) is 30.9. The highest BCUT2D eigenvalue weighted by Gasteiger charge is 2.38. The Labute approximate surface area is 201 Å². The van der Waals surface area contributed by atoms with E-state index in [2.05, 4.69) is 10.3 Å². The Morgan fingerprint density at radius 1 is 0.912 bits per heavy atom. The molecular formula is C25H34N4O4S. The largest absolute Gasteiger partial charge is 0.361 e. The van der Waals surface area contributed by atoms with E-state index in [1.165, 1.54) is 4.31 Å². The fourth-order valence-corrected chi connectivity index (χ4v) is 7.08. The lowest BCUT2D eigenvalue weighted by Crippen LogP contribution is -2.42. The zero-order valence-corrected chi connectivity index (χ0v) is 21.2. The number of aromatic nitrogens is 1. The van der Waals surface area contributed by atoms with E-state index < -0.39 is 10.0 Å². The fraction of sp³-hybridized carbons (Fsp3) is 0.520. The SMILES string of the molecule is Cc1cc(C)cc(NC(=O)C2CCN(S(=O)(=O)c3c(C)[nH]c(C)c3C(=O)N3CCCC3)CC2)c1. The highest BCUT2D eigenvalue weighted by Crippen LogP contribution is 2.32. The van der Waals surface area contributed by atoms with Crippen LogP contribution in [0.15, 0.2) is 23.1 Å². The van der Waals surface area contributed by atoms with Gasteiger partial charge in [0.1, 0.15) is 4.90 Å². The highest BCUT2D eigenvalue weighted by molar-refractivity contribution is 7.89. The third-order valence-corrected chi connectivity index (χ3v) is 8.91. The van der Waals surface area contributed by atoms with Crippen molar-refractivity contribution in [1.82, 2.24) is 14.2 Å². The molecule has 0 spiro atoms. The average molecular weight is 487 g/mol. The van der Waals surface area contributed by atoms with Crippen molar-refractivity contribution in [1.29, 1.82) is 0 Å². The van der Waals surface area contributed by atoms with Crippen LogP contribution in [0.4, 0.5) is 5.69 Å². The van der Waals surface area contributed by atoms with Crippen LogP contribution >= 0.6 is 0 Å². The van der Waals surface area contributed by atoms with Gasteiger partial charge in [-0.2, -0.15) is 4.31 Å². The monoisotopic (exact) mass is 486 g/mol. The lowest BCUT2D eigenvalue weighted by atomic mass is 9.97. The summed E-state index contributed by atoms with van der Waals surface area (Å²) < 4.78 is 28.7. The third-order valence-electron chi connectivity index (χ3n) is 6.84. The second-order valence-electron chi connectivity index (χ2n) is 9.62. The number of anilines is 1. The van der Waals surface area contributed by atoms with E-state index in [9.17, 15) is 18.0 Å². The molecule has 0 saturated carbocycles. The molecule has 0 aliphatic carbocycles. The second kappa shape index (κ2) is 9.54. The molecule has 0 atom stereocenters. The van der Waals surface area contributed by atoms with E-state index in [-0.39, 0.29) is 41.3 Å². The van der Waals surface area contributed by atoms with E-state index in [0.717, 1.165) is 29.7 Å². The first-order valence-corrected chi connectivity index (χ1v) is 13.4. The summed E-state index contributed by atoms with van der Waals surface area (Å²) in [6, 6.07) is 5.91. The van der Waals surface area contributed by atoms with Crippen molar-refractivity contribution >= 4 is 27.5 Å². The molecule has 0 unspecified atom stereocenters. The molecular weight excluding hydrogens is 452 g/mol. The summed E-state index contributed by atoms with van der Waals surface area (Å²) in [5.41, 5.74) is 4.24. The number of hydrogen-bond donors (Lipinski definition) is 2. The van der Waals surface area contributed by atoms with Crippen LogP contribution in [0, 0.1) is 33.6 Å². The Balaban J connectivity index is 1.48. The van der Waals surface area contributed by atoms with Gasteiger partial charge < -0.3 is 15.2 Å². The topological polar surface area (TPSA) is 103 Å². The van der Waals surface area contributed by atoms with Crippen LogP contribution in [0.25, 0.3) is 0 Å². The molecule has 0 bridgehead atoms. The Bertz CT molecular complexity index is 1180. The molecule has 184 valence electrons. The minimum absolute atomic E-state index is 0.0828. The molecule has 9 heteroatoms. The first-order chi connectivity index (χ1) is 16.1. The molecule has 1 aromatic carbocycles. The number of carbonyl (C=O) groups excluding carboxylic acids is 2. The molecule has 2 amide bonds. The summed E-state index contributed by atoms with van der Waals surface area (Å²) in [6.07, 6.45) is 2.75. The Morgan fingerprint density at radius 2 is 1.50 bits per heavy atom. The molecule has 1 aromatic heterocycles. The molecule has 34 heavy (non-hydrogen) atoms.